The maximum absolute atomic E-state index is 12.6. The number of fused-ring (bicyclic) bond motifs is 1. The Labute approximate surface area is 361 Å². The number of ether oxygens (including phenoxy) is 7. The van der Waals surface area contributed by atoms with Crippen LogP contribution in [0, 0.1) is 0 Å². The molecule has 4 aromatic rings. The summed E-state index contributed by atoms with van der Waals surface area (Å²) < 4.78 is 46.0. The van der Waals surface area contributed by atoms with Crippen LogP contribution < -0.4 is 9.47 Å². The number of rotatable bonds is 12. The number of carbonyl (C=O) groups is 1. The summed E-state index contributed by atoms with van der Waals surface area (Å²) in [4.78, 5) is 12.6. The molecule has 13 N–H and O–H groups in total. The van der Waals surface area contributed by atoms with Crippen LogP contribution in [0.2, 0.25) is 0 Å². The Balaban J connectivity index is 1.11. The molecular weight excluding hydrogens is 856 g/mol. The molecule has 22 nitrogen and oxygen atoms in total. The van der Waals surface area contributed by atoms with E-state index < -0.39 is 129 Å². The Morgan fingerprint density at radius 2 is 1.28 bits per heavy atom. The first-order valence-electron chi connectivity index (χ1n) is 19.7. The quantitative estimate of drug-likeness (QED) is 0.0339. The summed E-state index contributed by atoms with van der Waals surface area (Å²) in [6, 6.07) is 12.9. The Kier molecular flexibility index (Phi) is 14.1. The number of hydrogen-bond acceptors (Lipinski definition) is 21. The van der Waals surface area contributed by atoms with Crippen molar-refractivity contribution >= 4 is 23.0 Å². The predicted octanol–water partition coefficient (Wildman–Crippen LogP) is -1.32. The van der Waals surface area contributed by atoms with Gasteiger partial charge in [-0.05, 0) is 42.8 Å². The summed E-state index contributed by atoms with van der Waals surface area (Å²) >= 11 is 0. The lowest BCUT2D eigenvalue weighted by atomic mass is 9.98. The van der Waals surface area contributed by atoms with Crippen LogP contribution in [0.25, 0.3) is 28.4 Å². The molecule has 15 atom stereocenters. The van der Waals surface area contributed by atoms with Crippen molar-refractivity contribution in [3.8, 4) is 45.8 Å². The third-order valence-corrected chi connectivity index (χ3v) is 10.8. The van der Waals surface area contributed by atoms with Crippen molar-refractivity contribution in [1.29, 1.82) is 0 Å². The molecule has 3 fully saturated rings. The highest BCUT2D eigenvalue weighted by atomic mass is 16.7. The van der Waals surface area contributed by atoms with Crippen molar-refractivity contribution in [3.05, 3.63) is 72.3 Å². The Hall–Kier alpha value is -5.44. The largest absolute Gasteiger partial charge is 0.508 e. The molecule has 3 saturated heterocycles. The van der Waals surface area contributed by atoms with Gasteiger partial charge in [0.2, 0.25) is 18.3 Å². The standard InChI is InChI=1S/C42H46O22/c1-16-38(64-29(48)9-4-17-2-6-19(44)7-3-17)34(53)37(56)40(58-16)57-15-28-31(50)33(52)36(55)42(63-28)61-26-13-21-24(59-39(26)18-5-8-22(46)23(47)10-18)11-20(45)12-25(21)60-41-35(54)32(51)30(49)27(14-43)62-41/h2-13,16,27-28,30-38,40-43,49-56H,14-15H2,1H3,(H3-,44,45,46,47,48)/p+1/t16-,27+,28+,30+,31+,32-,33-,34-,35+,36+,37+,38-,40+,41+,42+/m0/s1. The van der Waals surface area contributed by atoms with E-state index in [-0.39, 0.29) is 39.5 Å². The zero-order valence-corrected chi connectivity index (χ0v) is 33.5. The maximum Gasteiger partial charge on any atom is 0.402 e. The summed E-state index contributed by atoms with van der Waals surface area (Å²) in [5, 5.41) is 136. The third kappa shape index (κ3) is 9.79. The van der Waals surface area contributed by atoms with Gasteiger partial charge in [-0.15, -0.1) is 0 Å². The molecule has 7 rings (SSSR count). The van der Waals surface area contributed by atoms with Crippen LogP contribution in [0.3, 0.4) is 0 Å². The molecular formula is C42H47O22+. The summed E-state index contributed by atoms with van der Waals surface area (Å²) in [7, 11) is 0. The topological polar surface area (TPSA) is 356 Å². The monoisotopic (exact) mass is 903 g/mol. The fourth-order valence-electron chi connectivity index (χ4n) is 7.21. The molecule has 0 radical (unpaired) electrons. The van der Waals surface area contributed by atoms with Gasteiger partial charge in [0.05, 0.1) is 30.9 Å². The number of benzene rings is 3. The zero-order valence-electron chi connectivity index (χ0n) is 33.5. The van der Waals surface area contributed by atoms with Crippen molar-refractivity contribution in [1.82, 2.24) is 0 Å². The highest BCUT2D eigenvalue weighted by molar-refractivity contribution is 5.89. The van der Waals surface area contributed by atoms with Gasteiger partial charge < -0.3 is 99.5 Å². The Morgan fingerprint density at radius 3 is 1.94 bits per heavy atom. The normalized spacial score (nSPS) is 33.2. The van der Waals surface area contributed by atoms with Gasteiger partial charge in [-0.2, -0.15) is 0 Å². The van der Waals surface area contributed by atoms with Crippen molar-refractivity contribution in [3.63, 3.8) is 0 Å². The van der Waals surface area contributed by atoms with E-state index in [1.54, 1.807) is 12.1 Å². The summed E-state index contributed by atoms with van der Waals surface area (Å²) in [5.74, 6) is -3.22. The van der Waals surface area contributed by atoms with E-state index in [1.807, 2.05) is 0 Å². The number of aromatic hydroxyl groups is 4. The van der Waals surface area contributed by atoms with Crippen molar-refractivity contribution < 1.29 is 109 Å². The highest BCUT2D eigenvalue weighted by Crippen LogP contribution is 2.43. The van der Waals surface area contributed by atoms with Gasteiger partial charge in [-0.25, -0.2) is 9.21 Å². The molecule has 0 amide bonds. The van der Waals surface area contributed by atoms with E-state index >= 15 is 0 Å². The lowest BCUT2D eigenvalue weighted by Gasteiger charge is -2.42. The number of esters is 1. The number of aliphatic hydroxyl groups is 9. The average Bonchev–Trinajstić information content (AvgIpc) is 3.27. The Morgan fingerprint density at radius 1 is 0.656 bits per heavy atom. The molecule has 3 aliphatic rings. The molecule has 0 saturated carbocycles. The fraction of sp³-hybridized carbons (Fsp3) is 0.429. The van der Waals surface area contributed by atoms with E-state index in [4.69, 9.17) is 37.6 Å². The molecule has 3 aliphatic heterocycles. The summed E-state index contributed by atoms with van der Waals surface area (Å²) in [6.45, 7) is 0.00128. The molecule has 1 aromatic heterocycles. The molecule has 346 valence electrons. The lowest BCUT2D eigenvalue weighted by Crippen LogP contribution is -2.62. The molecule has 22 heteroatoms. The van der Waals surface area contributed by atoms with Crippen LogP contribution in [-0.4, -0.2) is 178 Å². The fourth-order valence-corrected chi connectivity index (χ4v) is 7.21. The molecule has 3 aromatic carbocycles. The van der Waals surface area contributed by atoms with Crippen LogP contribution in [0.5, 0.6) is 34.5 Å². The minimum Gasteiger partial charge on any atom is -0.508 e. The van der Waals surface area contributed by atoms with E-state index in [1.165, 1.54) is 37.3 Å². The second kappa shape index (κ2) is 19.3. The lowest BCUT2D eigenvalue weighted by molar-refractivity contribution is -0.319. The van der Waals surface area contributed by atoms with Crippen LogP contribution in [0.15, 0.2) is 71.2 Å². The van der Waals surface area contributed by atoms with Crippen LogP contribution in [-0.2, 0) is 28.5 Å². The average molecular weight is 904 g/mol. The van der Waals surface area contributed by atoms with Gasteiger partial charge in [0.25, 0.3) is 0 Å². The number of hydrogen-bond donors (Lipinski definition) is 13. The maximum atomic E-state index is 12.6. The minimum atomic E-state index is -1.98. The van der Waals surface area contributed by atoms with Crippen molar-refractivity contribution in [2.45, 2.75) is 99.0 Å². The molecule has 0 spiro atoms. The first-order chi connectivity index (χ1) is 30.4. The first-order valence-corrected chi connectivity index (χ1v) is 19.7. The number of carbonyl (C=O) groups excluding carboxylic acids is 1. The first kappa shape index (κ1) is 46.5. The summed E-state index contributed by atoms with van der Waals surface area (Å²) in [6.07, 6.45) is -22.8. The van der Waals surface area contributed by atoms with Crippen LogP contribution in [0.1, 0.15) is 12.5 Å². The predicted molar refractivity (Wildman–Crippen MR) is 212 cm³/mol. The van der Waals surface area contributed by atoms with Crippen LogP contribution in [0.4, 0.5) is 0 Å². The smallest absolute Gasteiger partial charge is 0.402 e. The molecule has 0 bridgehead atoms. The van der Waals surface area contributed by atoms with E-state index in [2.05, 4.69) is 0 Å². The van der Waals surface area contributed by atoms with Gasteiger partial charge in [0, 0.05) is 24.3 Å². The summed E-state index contributed by atoms with van der Waals surface area (Å²) in [5.41, 5.74) is 0.479. The number of phenolic OH excluding ortho intramolecular Hbond substituents is 4. The van der Waals surface area contributed by atoms with Crippen molar-refractivity contribution in [2.75, 3.05) is 13.2 Å². The van der Waals surface area contributed by atoms with Crippen LogP contribution >= 0.6 is 0 Å². The van der Waals surface area contributed by atoms with E-state index in [9.17, 15) is 71.2 Å². The molecule has 0 aliphatic carbocycles. The SMILES string of the molecule is C[C@@H]1O[C@@H](OC[C@H]2O[C@@H](Oc3cc4c(O[C@@H]5O[C@H](CO)[C@@H](O)[C@H](O)[C@H]5O)cc(O)cc4[o+]c3-c3ccc(O)c(O)c3)[C@H](O)[C@@H](O)[C@@H]2O)[C@H](O)[C@H](O)[C@H]1OC(=O)C=Cc1ccc(O)cc1. The number of aliphatic hydroxyl groups excluding tert-OH is 9. The molecule has 0 unspecified atom stereocenters. The third-order valence-electron chi connectivity index (χ3n) is 10.8. The molecule has 4 heterocycles. The highest BCUT2D eigenvalue weighted by Gasteiger charge is 2.49. The Bertz CT molecular complexity index is 2290. The van der Waals surface area contributed by atoms with Crippen molar-refractivity contribution in [2.24, 2.45) is 0 Å². The van der Waals surface area contributed by atoms with Gasteiger partial charge in [0.15, 0.2) is 23.9 Å². The van der Waals surface area contributed by atoms with Gasteiger partial charge in [-0.3, -0.25) is 0 Å². The number of phenols is 4. The van der Waals surface area contributed by atoms with E-state index in [0.29, 0.717) is 5.56 Å². The van der Waals surface area contributed by atoms with E-state index in [0.717, 1.165) is 30.3 Å². The molecule has 64 heavy (non-hydrogen) atoms. The second-order valence-electron chi connectivity index (χ2n) is 15.3. The van der Waals surface area contributed by atoms with Gasteiger partial charge in [0.1, 0.15) is 83.7 Å². The van der Waals surface area contributed by atoms with Gasteiger partial charge >= 0.3 is 17.3 Å². The van der Waals surface area contributed by atoms with Gasteiger partial charge in [-0.1, -0.05) is 12.1 Å². The second-order valence-corrected chi connectivity index (χ2v) is 15.3. The minimum absolute atomic E-state index is 0.0263. The zero-order chi connectivity index (χ0) is 46.1.